The summed E-state index contributed by atoms with van der Waals surface area (Å²) in [6.07, 6.45) is 2.54. The molecule has 11 heteroatoms. The van der Waals surface area contributed by atoms with Crippen molar-refractivity contribution in [2.75, 3.05) is 31.2 Å². The highest BCUT2D eigenvalue weighted by atomic mass is 32.2. The molecule has 2 atom stereocenters. The predicted molar refractivity (Wildman–Crippen MR) is 135 cm³/mol. The Morgan fingerprint density at radius 1 is 1.22 bits per heavy atom. The molecule has 3 aromatic rings. The molecule has 8 nitrogen and oxygen atoms in total. The van der Waals surface area contributed by atoms with Gasteiger partial charge in [0.15, 0.2) is 5.13 Å². The minimum absolute atomic E-state index is 0.0318. The molecule has 0 spiro atoms. The van der Waals surface area contributed by atoms with Crippen LogP contribution in [0.3, 0.4) is 0 Å². The lowest BCUT2D eigenvalue weighted by atomic mass is 10.2. The smallest absolute Gasteiger partial charge is 0.247 e. The van der Waals surface area contributed by atoms with Crippen molar-refractivity contribution in [1.29, 1.82) is 0 Å². The predicted octanol–water partition coefficient (Wildman–Crippen LogP) is 4.20. The van der Waals surface area contributed by atoms with E-state index in [9.17, 15) is 17.6 Å². The lowest BCUT2D eigenvalue weighted by Crippen LogP contribution is -2.49. The second-order valence-electron chi connectivity index (χ2n) is 8.84. The van der Waals surface area contributed by atoms with Crippen LogP contribution in [-0.4, -0.2) is 62.1 Å². The van der Waals surface area contributed by atoms with Crippen molar-refractivity contribution in [2.24, 2.45) is 0 Å². The maximum absolute atomic E-state index is 14.0. The number of para-hydroxylation sites is 1. The number of aromatic nitrogens is 1. The topological polar surface area (TPSA) is 89.0 Å². The zero-order valence-corrected chi connectivity index (χ0v) is 21.6. The number of ether oxygens (including phenoxy) is 2. The maximum Gasteiger partial charge on any atom is 0.247 e. The molecule has 0 radical (unpaired) electrons. The van der Waals surface area contributed by atoms with Crippen molar-refractivity contribution in [3.63, 3.8) is 0 Å². The van der Waals surface area contributed by atoms with Crippen molar-refractivity contribution in [3.05, 3.63) is 48.3 Å². The Kier molecular flexibility index (Phi) is 7.25. The van der Waals surface area contributed by atoms with Crippen LogP contribution in [0.1, 0.15) is 32.6 Å². The van der Waals surface area contributed by atoms with Crippen LogP contribution in [0, 0.1) is 5.82 Å². The summed E-state index contributed by atoms with van der Waals surface area (Å²) < 4.78 is 53.9. The number of halogens is 1. The average Bonchev–Trinajstić information content (AvgIpc) is 3.64. The number of rotatable bonds is 8. The zero-order chi connectivity index (χ0) is 25.3. The molecule has 36 heavy (non-hydrogen) atoms. The molecular weight excluding hydrogens is 505 g/mol. The number of amides is 1. The number of benzene rings is 2. The second-order valence-corrected chi connectivity index (χ2v) is 11.7. The van der Waals surface area contributed by atoms with Crippen LogP contribution in [0.2, 0.25) is 0 Å². The van der Waals surface area contributed by atoms with Gasteiger partial charge in [0.2, 0.25) is 15.9 Å². The van der Waals surface area contributed by atoms with Crippen LogP contribution >= 0.6 is 11.3 Å². The number of hydrogen-bond donors (Lipinski definition) is 0. The first-order chi connectivity index (χ1) is 17.4. The van der Waals surface area contributed by atoms with Crippen LogP contribution in [0.5, 0.6) is 5.75 Å². The van der Waals surface area contributed by atoms with Gasteiger partial charge in [0.05, 0.1) is 28.9 Å². The Morgan fingerprint density at radius 3 is 2.75 bits per heavy atom. The number of nitrogens with zero attached hydrogens (tertiary/aromatic N) is 3. The van der Waals surface area contributed by atoms with Gasteiger partial charge in [-0.15, -0.1) is 0 Å². The van der Waals surface area contributed by atoms with Crippen molar-refractivity contribution in [3.8, 4) is 5.75 Å². The maximum atomic E-state index is 14.0. The lowest BCUT2D eigenvalue weighted by Gasteiger charge is -2.29. The zero-order valence-electron chi connectivity index (χ0n) is 19.9. The summed E-state index contributed by atoms with van der Waals surface area (Å²) in [7, 11) is -3.98. The fourth-order valence-corrected chi connectivity index (χ4v) is 7.40. The van der Waals surface area contributed by atoms with Gasteiger partial charge in [0.1, 0.15) is 23.1 Å². The first-order valence-electron chi connectivity index (χ1n) is 12.1. The summed E-state index contributed by atoms with van der Waals surface area (Å²) in [6.45, 7) is 3.54. The number of carbonyl (C=O) groups is 1. The number of carbonyl (C=O) groups excluding carboxylic acids is 1. The molecule has 2 saturated heterocycles. The third-order valence-electron chi connectivity index (χ3n) is 6.49. The highest BCUT2D eigenvalue weighted by Crippen LogP contribution is 2.36. The van der Waals surface area contributed by atoms with Gasteiger partial charge in [-0.05, 0) is 69.0 Å². The van der Waals surface area contributed by atoms with Crippen LogP contribution in [-0.2, 0) is 19.6 Å². The number of sulfonamides is 1. The molecule has 0 bridgehead atoms. The van der Waals surface area contributed by atoms with Crippen molar-refractivity contribution < 1.29 is 27.1 Å². The lowest BCUT2D eigenvalue weighted by molar-refractivity contribution is -0.122. The first kappa shape index (κ1) is 25.1. The third kappa shape index (κ3) is 4.84. The second kappa shape index (κ2) is 10.4. The van der Waals surface area contributed by atoms with E-state index in [2.05, 4.69) is 0 Å². The number of anilines is 1. The van der Waals surface area contributed by atoms with E-state index in [-0.39, 0.29) is 23.5 Å². The van der Waals surface area contributed by atoms with Gasteiger partial charge in [-0.2, -0.15) is 4.31 Å². The summed E-state index contributed by atoms with van der Waals surface area (Å²) in [5.74, 6) is -0.206. The molecular formula is C25H28FN3O5S2. The first-order valence-corrected chi connectivity index (χ1v) is 14.4. The van der Waals surface area contributed by atoms with E-state index in [0.717, 1.165) is 29.7 Å². The molecule has 5 rings (SSSR count). The molecule has 0 aliphatic carbocycles. The number of fused-ring (bicyclic) bond motifs is 1. The summed E-state index contributed by atoms with van der Waals surface area (Å²) in [5.41, 5.74) is 0.673. The van der Waals surface area contributed by atoms with Crippen LogP contribution in [0.25, 0.3) is 10.2 Å². The Morgan fingerprint density at radius 2 is 2.03 bits per heavy atom. The molecule has 0 N–H and O–H groups in total. The van der Waals surface area contributed by atoms with Crippen LogP contribution in [0.4, 0.5) is 9.52 Å². The highest BCUT2D eigenvalue weighted by molar-refractivity contribution is 7.89. The Hall–Kier alpha value is -2.60. The largest absolute Gasteiger partial charge is 0.492 e. The van der Waals surface area contributed by atoms with Gasteiger partial charge >= 0.3 is 0 Å². The van der Waals surface area contributed by atoms with Crippen molar-refractivity contribution >= 4 is 42.6 Å². The van der Waals surface area contributed by atoms with Gasteiger partial charge < -0.3 is 9.47 Å². The molecule has 2 aromatic carbocycles. The monoisotopic (exact) mass is 533 g/mol. The normalized spacial score (nSPS) is 20.7. The molecule has 2 unspecified atom stereocenters. The number of thiazole rings is 1. The van der Waals surface area contributed by atoms with Crippen LogP contribution in [0.15, 0.2) is 47.4 Å². The molecule has 1 aromatic heterocycles. The minimum atomic E-state index is -3.98. The van der Waals surface area contributed by atoms with Gasteiger partial charge in [-0.3, -0.25) is 9.69 Å². The molecule has 192 valence electrons. The fourth-order valence-electron chi connectivity index (χ4n) is 4.75. The quantitative estimate of drug-likeness (QED) is 0.431. The molecule has 0 saturated carbocycles. The van der Waals surface area contributed by atoms with E-state index in [1.54, 1.807) is 4.90 Å². The average molecular weight is 534 g/mol. The van der Waals surface area contributed by atoms with Crippen molar-refractivity contribution in [1.82, 2.24) is 9.29 Å². The van der Waals surface area contributed by atoms with E-state index in [0.29, 0.717) is 49.0 Å². The summed E-state index contributed by atoms with van der Waals surface area (Å²) in [5, 5.41) is 0.490. The fraction of sp³-hybridized carbons (Fsp3) is 0.440. The van der Waals surface area contributed by atoms with Gasteiger partial charge in [-0.1, -0.05) is 17.4 Å². The molecule has 2 aliphatic heterocycles. The summed E-state index contributed by atoms with van der Waals surface area (Å²) >= 11 is 1.37. The SMILES string of the molecule is CCOc1cccc2sc(N(CC3CCCO3)C(=O)C3CCCN3S(=O)(=O)c3ccc(F)cc3)nc12. The summed E-state index contributed by atoms with van der Waals surface area (Å²) in [6, 6.07) is 9.47. The summed E-state index contributed by atoms with van der Waals surface area (Å²) in [4.78, 5) is 20.3. The van der Waals surface area contributed by atoms with E-state index in [4.69, 9.17) is 14.5 Å². The highest BCUT2D eigenvalue weighted by Gasteiger charge is 2.42. The Bertz CT molecular complexity index is 1340. The van der Waals surface area contributed by atoms with E-state index in [1.165, 1.54) is 27.8 Å². The van der Waals surface area contributed by atoms with Gasteiger partial charge in [-0.25, -0.2) is 17.8 Å². The van der Waals surface area contributed by atoms with E-state index >= 15 is 0 Å². The third-order valence-corrected chi connectivity index (χ3v) is 9.45. The van der Waals surface area contributed by atoms with Crippen LogP contribution < -0.4 is 9.64 Å². The minimum Gasteiger partial charge on any atom is -0.492 e. The van der Waals surface area contributed by atoms with Gasteiger partial charge in [0, 0.05) is 13.2 Å². The van der Waals surface area contributed by atoms with Crippen molar-refractivity contribution in [2.45, 2.75) is 49.6 Å². The molecule has 3 heterocycles. The number of hydrogen-bond acceptors (Lipinski definition) is 7. The standard InChI is InChI=1S/C25H28FN3O5S2/c1-2-33-21-8-3-9-22-23(21)27-25(35-22)28(16-18-6-5-15-34-18)24(30)20-7-4-14-29(20)36(31,32)19-12-10-17(26)11-13-19/h3,8-13,18,20H,2,4-7,14-16H2,1H3. The van der Waals surface area contributed by atoms with E-state index in [1.807, 2.05) is 25.1 Å². The van der Waals surface area contributed by atoms with E-state index < -0.39 is 21.9 Å². The Labute approximate surface area is 213 Å². The molecule has 2 fully saturated rings. The van der Waals surface area contributed by atoms with Gasteiger partial charge in [0.25, 0.3) is 0 Å². The Balaban J connectivity index is 1.49. The molecule has 1 amide bonds. The molecule has 2 aliphatic rings.